The molecule has 0 radical (unpaired) electrons. The fourth-order valence-corrected chi connectivity index (χ4v) is 3.91. The summed E-state index contributed by atoms with van der Waals surface area (Å²) in [6.07, 6.45) is 9.90. The third kappa shape index (κ3) is 4.44. The van der Waals surface area contributed by atoms with Gasteiger partial charge in [-0.05, 0) is 65.8 Å². The molecule has 0 bridgehead atoms. The quantitative estimate of drug-likeness (QED) is 0.824. The molecule has 2 aliphatic rings. The van der Waals surface area contributed by atoms with Gasteiger partial charge in [0.2, 0.25) is 0 Å². The molecule has 1 aliphatic heterocycles. The molecule has 2 fully saturated rings. The van der Waals surface area contributed by atoms with E-state index >= 15 is 0 Å². The Morgan fingerprint density at radius 1 is 1.11 bits per heavy atom. The zero-order valence-corrected chi connectivity index (χ0v) is 13.2. The van der Waals surface area contributed by atoms with E-state index in [1.165, 1.54) is 64.6 Å². The number of hydrogen-bond acceptors (Lipinski definition) is 3. The fourth-order valence-electron chi connectivity index (χ4n) is 3.91. The van der Waals surface area contributed by atoms with E-state index in [9.17, 15) is 0 Å². The Morgan fingerprint density at radius 2 is 1.74 bits per heavy atom. The maximum atomic E-state index is 3.60. The molecule has 3 heteroatoms. The number of likely N-dealkylation sites (tertiary alicyclic amines) is 1. The Kier molecular flexibility index (Phi) is 6.11. The van der Waals surface area contributed by atoms with Gasteiger partial charge in [0, 0.05) is 18.6 Å². The third-order valence-electron chi connectivity index (χ3n) is 5.39. The maximum Gasteiger partial charge on any atom is 0.0220 e. The van der Waals surface area contributed by atoms with E-state index in [-0.39, 0.29) is 0 Å². The van der Waals surface area contributed by atoms with Crippen LogP contribution < -0.4 is 5.32 Å². The number of nitrogens with one attached hydrogen (secondary N) is 1. The van der Waals surface area contributed by atoms with Crippen molar-refractivity contribution in [2.45, 2.75) is 57.0 Å². The van der Waals surface area contributed by atoms with Crippen molar-refractivity contribution < 1.29 is 0 Å². The molecular formula is C16H33N3. The first-order chi connectivity index (χ1) is 9.20. The van der Waals surface area contributed by atoms with E-state index in [2.05, 4.69) is 36.3 Å². The van der Waals surface area contributed by atoms with Crippen LogP contribution in [-0.2, 0) is 0 Å². The van der Waals surface area contributed by atoms with Crippen LogP contribution in [0.1, 0.15) is 44.9 Å². The molecule has 0 spiro atoms. The molecule has 1 aliphatic carbocycles. The van der Waals surface area contributed by atoms with E-state index in [1.807, 2.05) is 0 Å². The number of nitrogens with zero attached hydrogens (tertiary/aromatic N) is 2. The van der Waals surface area contributed by atoms with Crippen molar-refractivity contribution in [3.8, 4) is 0 Å². The summed E-state index contributed by atoms with van der Waals surface area (Å²) in [4.78, 5) is 5.09. The van der Waals surface area contributed by atoms with Crippen LogP contribution in [0.2, 0.25) is 0 Å². The summed E-state index contributed by atoms with van der Waals surface area (Å²) >= 11 is 0. The summed E-state index contributed by atoms with van der Waals surface area (Å²) in [5, 5.41) is 3.60. The van der Waals surface area contributed by atoms with Gasteiger partial charge in [0.15, 0.2) is 0 Å². The van der Waals surface area contributed by atoms with E-state index < -0.39 is 0 Å². The third-order valence-corrected chi connectivity index (χ3v) is 5.39. The molecular weight excluding hydrogens is 234 g/mol. The predicted molar refractivity (Wildman–Crippen MR) is 82.6 cm³/mol. The van der Waals surface area contributed by atoms with Gasteiger partial charge in [0.25, 0.3) is 0 Å². The highest BCUT2D eigenvalue weighted by Crippen LogP contribution is 2.27. The largest absolute Gasteiger partial charge is 0.315 e. The van der Waals surface area contributed by atoms with Gasteiger partial charge >= 0.3 is 0 Å². The van der Waals surface area contributed by atoms with Crippen LogP contribution in [0, 0.1) is 5.92 Å². The molecule has 0 aromatic carbocycles. The summed E-state index contributed by atoms with van der Waals surface area (Å²) in [6, 6.07) is 1.50. The van der Waals surface area contributed by atoms with E-state index in [0.717, 1.165) is 12.0 Å². The first-order valence-electron chi connectivity index (χ1n) is 8.26. The highest BCUT2D eigenvalue weighted by atomic mass is 15.2. The molecule has 3 nitrogen and oxygen atoms in total. The molecule has 1 heterocycles. The Labute approximate surface area is 119 Å². The van der Waals surface area contributed by atoms with Crippen molar-refractivity contribution in [1.82, 2.24) is 15.1 Å². The van der Waals surface area contributed by atoms with Gasteiger partial charge in [-0.3, -0.25) is 0 Å². The molecule has 0 aromatic heterocycles. The Balaban J connectivity index is 1.79. The lowest BCUT2D eigenvalue weighted by Gasteiger charge is -2.39. The first kappa shape index (κ1) is 15.3. The van der Waals surface area contributed by atoms with Gasteiger partial charge in [-0.2, -0.15) is 0 Å². The van der Waals surface area contributed by atoms with Gasteiger partial charge in [0.05, 0.1) is 0 Å². The summed E-state index contributed by atoms with van der Waals surface area (Å²) in [5.74, 6) is 0.910. The van der Waals surface area contributed by atoms with Gasteiger partial charge in [-0.15, -0.1) is 0 Å². The molecule has 1 saturated heterocycles. The lowest BCUT2D eigenvalue weighted by atomic mass is 9.83. The van der Waals surface area contributed by atoms with Crippen LogP contribution in [-0.4, -0.2) is 62.7 Å². The van der Waals surface area contributed by atoms with Gasteiger partial charge in [-0.1, -0.05) is 19.3 Å². The topological polar surface area (TPSA) is 18.5 Å². The van der Waals surface area contributed by atoms with Crippen LogP contribution >= 0.6 is 0 Å². The fraction of sp³-hybridized carbons (Fsp3) is 1.00. The summed E-state index contributed by atoms with van der Waals surface area (Å²) in [7, 11) is 6.74. The van der Waals surface area contributed by atoms with E-state index in [0.29, 0.717) is 6.04 Å². The summed E-state index contributed by atoms with van der Waals surface area (Å²) in [5.41, 5.74) is 0. The molecule has 112 valence electrons. The molecule has 1 saturated carbocycles. The normalized spacial score (nSPS) is 25.9. The van der Waals surface area contributed by atoms with Crippen LogP contribution in [0.4, 0.5) is 0 Å². The number of piperidine rings is 1. The Morgan fingerprint density at radius 3 is 2.32 bits per heavy atom. The molecule has 1 unspecified atom stereocenters. The number of likely N-dealkylation sites (N-methyl/N-ethyl adjacent to an activating group) is 2. The van der Waals surface area contributed by atoms with Crippen molar-refractivity contribution in [1.29, 1.82) is 0 Å². The van der Waals surface area contributed by atoms with Crippen molar-refractivity contribution >= 4 is 0 Å². The molecule has 2 rings (SSSR count). The van der Waals surface area contributed by atoms with E-state index in [1.54, 1.807) is 0 Å². The average Bonchev–Trinajstić information content (AvgIpc) is 2.46. The number of hydrogen-bond donors (Lipinski definition) is 1. The predicted octanol–water partition coefficient (Wildman–Crippen LogP) is 2.18. The van der Waals surface area contributed by atoms with Crippen LogP contribution in [0.25, 0.3) is 0 Å². The van der Waals surface area contributed by atoms with E-state index in [4.69, 9.17) is 0 Å². The lowest BCUT2D eigenvalue weighted by Crippen LogP contribution is -2.49. The van der Waals surface area contributed by atoms with Crippen LogP contribution in [0.3, 0.4) is 0 Å². The molecule has 0 aromatic rings. The van der Waals surface area contributed by atoms with Crippen molar-refractivity contribution in [2.24, 2.45) is 5.92 Å². The second kappa shape index (κ2) is 7.61. The first-order valence-corrected chi connectivity index (χ1v) is 8.26. The minimum Gasteiger partial charge on any atom is -0.315 e. The monoisotopic (exact) mass is 267 g/mol. The van der Waals surface area contributed by atoms with Gasteiger partial charge in [0.1, 0.15) is 0 Å². The molecule has 19 heavy (non-hydrogen) atoms. The minimum atomic E-state index is 0.699. The molecule has 1 N–H and O–H groups in total. The standard InChI is InChI=1S/C16H33N3/c1-17-16(14-7-5-4-6-8-14)13-19(3)15-9-11-18(2)12-10-15/h14-17H,4-13H2,1-3H3. The van der Waals surface area contributed by atoms with Crippen molar-refractivity contribution in [2.75, 3.05) is 40.8 Å². The smallest absolute Gasteiger partial charge is 0.0220 e. The SMILES string of the molecule is CNC(CN(C)C1CCN(C)CC1)C1CCCCC1. The van der Waals surface area contributed by atoms with Crippen LogP contribution in [0.5, 0.6) is 0 Å². The van der Waals surface area contributed by atoms with Crippen molar-refractivity contribution in [3.63, 3.8) is 0 Å². The van der Waals surface area contributed by atoms with Gasteiger partial charge < -0.3 is 15.1 Å². The Bertz CT molecular complexity index is 242. The second-order valence-corrected chi connectivity index (χ2v) is 6.77. The Hall–Kier alpha value is -0.120. The average molecular weight is 267 g/mol. The maximum absolute atomic E-state index is 3.60. The molecule has 0 amide bonds. The van der Waals surface area contributed by atoms with Crippen molar-refractivity contribution in [3.05, 3.63) is 0 Å². The highest BCUT2D eigenvalue weighted by Gasteiger charge is 2.27. The molecule has 1 atom stereocenters. The minimum absolute atomic E-state index is 0.699. The second-order valence-electron chi connectivity index (χ2n) is 6.77. The highest BCUT2D eigenvalue weighted by molar-refractivity contribution is 4.84. The van der Waals surface area contributed by atoms with Gasteiger partial charge in [-0.25, -0.2) is 0 Å². The zero-order valence-electron chi connectivity index (χ0n) is 13.2. The van der Waals surface area contributed by atoms with Crippen LogP contribution in [0.15, 0.2) is 0 Å². The lowest BCUT2D eigenvalue weighted by molar-refractivity contribution is 0.120. The zero-order chi connectivity index (χ0) is 13.7. The number of rotatable bonds is 5. The summed E-state index contributed by atoms with van der Waals surface area (Å²) in [6.45, 7) is 3.76. The summed E-state index contributed by atoms with van der Waals surface area (Å²) < 4.78 is 0.